The van der Waals surface area contributed by atoms with E-state index < -0.39 is 17.2 Å². The first-order valence-electron chi connectivity index (χ1n) is 7.30. The smallest absolute Gasteiger partial charge is 0.396 e. The molecule has 0 spiro atoms. The molecule has 6 heteroatoms. The van der Waals surface area contributed by atoms with Crippen molar-refractivity contribution in [3.05, 3.63) is 35.4 Å². The highest BCUT2D eigenvalue weighted by atomic mass is 19.4. The third-order valence-electron chi connectivity index (χ3n) is 4.43. The average Bonchev–Trinajstić information content (AvgIpc) is 3.27. The summed E-state index contributed by atoms with van der Waals surface area (Å²) in [6.07, 6.45) is -3.33. The van der Waals surface area contributed by atoms with Gasteiger partial charge in [-0.25, -0.2) is 0 Å². The fourth-order valence-corrected chi connectivity index (χ4v) is 2.41. The van der Waals surface area contributed by atoms with E-state index in [1.54, 1.807) is 19.9 Å². The lowest BCUT2D eigenvalue weighted by molar-refractivity contribution is -0.137. The Labute approximate surface area is 127 Å². The van der Waals surface area contributed by atoms with Crippen LogP contribution in [0.1, 0.15) is 37.8 Å². The molecule has 0 bridgehead atoms. The number of rotatable bonds is 5. The van der Waals surface area contributed by atoms with Gasteiger partial charge in [0.2, 0.25) is 5.91 Å². The molecule has 122 valence electrons. The first-order valence-corrected chi connectivity index (χ1v) is 7.30. The van der Waals surface area contributed by atoms with Crippen molar-refractivity contribution in [3.63, 3.8) is 0 Å². The Balaban J connectivity index is 2.19. The second-order valence-electron chi connectivity index (χ2n) is 6.08. The van der Waals surface area contributed by atoms with E-state index in [0.717, 1.165) is 12.1 Å². The van der Waals surface area contributed by atoms with Gasteiger partial charge in [0, 0.05) is 12.6 Å². The normalized spacial score (nSPS) is 19.4. The van der Waals surface area contributed by atoms with Crippen LogP contribution >= 0.6 is 0 Å². The highest BCUT2D eigenvalue weighted by molar-refractivity contribution is 5.91. The van der Waals surface area contributed by atoms with E-state index in [2.05, 4.69) is 5.32 Å². The quantitative estimate of drug-likeness (QED) is 0.878. The maximum absolute atomic E-state index is 12.8. The van der Waals surface area contributed by atoms with Crippen molar-refractivity contribution >= 4 is 5.91 Å². The highest BCUT2D eigenvalue weighted by Gasteiger charge is 2.52. The van der Waals surface area contributed by atoms with E-state index in [1.807, 2.05) is 0 Å². The van der Waals surface area contributed by atoms with E-state index in [-0.39, 0.29) is 24.5 Å². The molecule has 3 nitrogen and oxygen atoms in total. The molecule has 1 aromatic carbocycles. The second kappa shape index (κ2) is 5.91. The molecule has 0 heterocycles. The van der Waals surface area contributed by atoms with E-state index in [4.69, 9.17) is 5.11 Å². The number of alkyl halides is 3. The molecular formula is C16H20F3NO2. The van der Waals surface area contributed by atoms with Gasteiger partial charge in [0.05, 0.1) is 11.0 Å². The summed E-state index contributed by atoms with van der Waals surface area (Å²) in [6, 6.07) is 4.74. The third kappa shape index (κ3) is 3.27. The summed E-state index contributed by atoms with van der Waals surface area (Å²) in [6.45, 7) is 3.52. The molecule has 0 aromatic heterocycles. The minimum Gasteiger partial charge on any atom is -0.396 e. The van der Waals surface area contributed by atoms with Crippen LogP contribution in [0.5, 0.6) is 0 Å². The lowest BCUT2D eigenvalue weighted by Crippen LogP contribution is -2.43. The van der Waals surface area contributed by atoms with Gasteiger partial charge in [-0.2, -0.15) is 13.2 Å². The lowest BCUT2D eigenvalue weighted by Gasteiger charge is -2.23. The zero-order chi connectivity index (χ0) is 16.5. The summed E-state index contributed by atoms with van der Waals surface area (Å²) in [5.41, 5.74) is -1.19. The molecule has 0 radical (unpaired) electrons. The van der Waals surface area contributed by atoms with Crippen molar-refractivity contribution in [2.45, 2.75) is 44.3 Å². The number of carbonyl (C=O) groups is 1. The molecular weight excluding hydrogens is 295 g/mol. The highest BCUT2D eigenvalue weighted by Crippen LogP contribution is 2.49. The second-order valence-corrected chi connectivity index (χ2v) is 6.08. The first kappa shape index (κ1) is 16.8. The molecule has 0 unspecified atom stereocenters. The molecule has 0 saturated heterocycles. The number of amides is 1. The Hall–Kier alpha value is -1.56. The van der Waals surface area contributed by atoms with Gasteiger partial charge >= 0.3 is 6.18 Å². The third-order valence-corrected chi connectivity index (χ3v) is 4.43. The Morgan fingerprint density at radius 2 is 2.00 bits per heavy atom. The summed E-state index contributed by atoms with van der Waals surface area (Å²) >= 11 is 0. The van der Waals surface area contributed by atoms with Crippen LogP contribution in [0.3, 0.4) is 0 Å². The average molecular weight is 315 g/mol. The number of hydrogen-bond donors (Lipinski definition) is 2. The van der Waals surface area contributed by atoms with E-state index in [9.17, 15) is 18.0 Å². The first-order chi connectivity index (χ1) is 10.2. The minimum atomic E-state index is -4.42. The maximum atomic E-state index is 12.8. The summed E-state index contributed by atoms with van der Waals surface area (Å²) in [4.78, 5) is 12.4. The number of carbonyl (C=O) groups excluding carboxylic acids is 1. The SMILES string of the molecule is C[C@H](CO)[C@@H](C)NC(=O)C1(c2cccc(C(F)(F)F)c2)CC1. The van der Waals surface area contributed by atoms with Crippen LogP contribution in [0.25, 0.3) is 0 Å². The Morgan fingerprint density at radius 1 is 1.36 bits per heavy atom. The molecule has 2 N–H and O–H groups in total. The van der Waals surface area contributed by atoms with Crippen LogP contribution in [-0.2, 0) is 16.4 Å². The topological polar surface area (TPSA) is 49.3 Å². The number of benzene rings is 1. The van der Waals surface area contributed by atoms with Crippen molar-refractivity contribution < 1.29 is 23.1 Å². The Bertz CT molecular complexity index is 553. The Morgan fingerprint density at radius 3 is 2.50 bits per heavy atom. The molecule has 2 rings (SSSR count). The van der Waals surface area contributed by atoms with E-state index in [0.29, 0.717) is 18.4 Å². The number of aliphatic hydroxyl groups is 1. The molecule has 22 heavy (non-hydrogen) atoms. The molecule has 0 aliphatic heterocycles. The zero-order valence-corrected chi connectivity index (χ0v) is 12.6. The fraction of sp³-hybridized carbons (Fsp3) is 0.562. The van der Waals surface area contributed by atoms with Gasteiger partial charge in [0.15, 0.2) is 0 Å². The van der Waals surface area contributed by atoms with Crippen molar-refractivity contribution in [2.75, 3.05) is 6.61 Å². The number of aliphatic hydroxyl groups excluding tert-OH is 1. The van der Waals surface area contributed by atoms with E-state index >= 15 is 0 Å². The van der Waals surface area contributed by atoms with Crippen molar-refractivity contribution in [1.29, 1.82) is 0 Å². The summed E-state index contributed by atoms with van der Waals surface area (Å²) in [5.74, 6) is -0.374. The zero-order valence-electron chi connectivity index (χ0n) is 12.6. The lowest BCUT2D eigenvalue weighted by atomic mass is 9.92. The van der Waals surface area contributed by atoms with Gasteiger partial charge in [-0.3, -0.25) is 4.79 Å². The van der Waals surface area contributed by atoms with Crippen LogP contribution < -0.4 is 5.32 Å². The van der Waals surface area contributed by atoms with Crippen molar-refractivity contribution in [2.24, 2.45) is 5.92 Å². The van der Waals surface area contributed by atoms with Crippen LogP contribution in [-0.4, -0.2) is 23.7 Å². The van der Waals surface area contributed by atoms with Gasteiger partial charge in [-0.15, -0.1) is 0 Å². The van der Waals surface area contributed by atoms with Gasteiger partial charge < -0.3 is 10.4 Å². The maximum Gasteiger partial charge on any atom is 0.416 e. The molecule has 1 aliphatic rings. The van der Waals surface area contributed by atoms with E-state index in [1.165, 1.54) is 6.07 Å². The molecule has 1 aromatic rings. The summed E-state index contributed by atoms with van der Waals surface area (Å²) < 4.78 is 38.4. The molecule has 2 atom stereocenters. The minimum absolute atomic E-state index is 0.0575. The molecule has 1 amide bonds. The predicted octanol–water partition coefficient (Wildman–Crippen LogP) is 2.87. The number of halogens is 3. The van der Waals surface area contributed by atoms with Crippen LogP contribution in [0, 0.1) is 5.92 Å². The molecule has 1 fully saturated rings. The fourth-order valence-electron chi connectivity index (χ4n) is 2.41. The van der Waals surface area contributed by atoms with Crippen molar-refractivity contribution in [3.8, 4) is 0 Å². The van der Waals surface area contributed by atoms with Gasteiger partial charge in [-0.1, -0.05) is 25.1 Å². The standard InChI is InChI=1S/C16H20F3NO2/c1-10(9-21)11(2)20-14(22)15(6-7-15)12-4-3-5-13(8-12)16(17,18)19/h3-5,8,10-11,21H,6-7,9H2,1-2H3,(H,20,22)/t10-,11-/m1/s1. The predicted molar refractivity (Wildman–Crippen MR) is 76.2 cm³/mol. The largest absolute Gasteiger partial charge is 0.416 e. The number of nitrogens with one attached hydrogen (secondary N) is 1. The van der Waals surface area contributed by atoms with Crippen LogP contribution in [0.15, 0.2) is 24.3 Å². The monoisotopic (exact) mass is 315 g/mol. The van der Waals surface area contributed by atoms with Crippen LogP contribution in [0.4, 0.5) is 13.2 Å². The van der Waals surface area contributed by atoms with Crippen LogP contribution in [0.2, 0.25) is 0 Å². The molecule has 1 saturated carbocycles. The summed E-state index contributed by atoms with van der Waals surface area (Å²) in [5, 5.41) is 11.9. The van der Waals surface area contributed by atoms with Gasteiger partial charge in [0.25, 0.3) is 0 Å². The number of hydrogen-bond acceptors (Lipinski definition) is 2. The van der Waals surface area contributed by atoms with Gasteiger partial charge in [0.1, 0.15) is 0 Å². The Kier molecular flexibility index (Phi) is 4.52. The molecule has 1 aliphatic carbocycles. The summed E-state index contributed by atoms with van der Waals surface area (Å²) in [7, 11) is 0. The van der Waals surface area contributed by atoms with Crippen molar-refractivity contribution in [1.82, 2.24) is 5.32 Å². The van der Waals surface area contributed by atoms with Gasteiger partial charge in [-0.05, 0) is 37.3 Å².